The van der Waals surface area contributed by atoms with Crippen LogP contribution in [0.4, 0.5) is 5.69 Å². The molecule has 0 radical (unpaired) electrons. The van der Waals surface area contributed by atoms with E-state index in [1.807, 2.05) is 6.20 Å². The molecular weight excluding hydrogens is 316 g/mol. The van der Waals surface area contributed by atoms with Crippen LogP contribution in [0.1, 0.15) is 44.4 Å². The van der Waals surface area contributed by atoms with Crippen LogP contribution in [0.5, 0.6) is 0 Å². The number of nitrogens with zero attached hydrogens (tertiary/aromatic N) is 2. The van der Waals surface area contributed by atoms with Crippen LogP contribution in [0.2, 0.25) is 0 Å². The number of benzene rings is 2. The van der Waals surface area contributed by atoms with Gasteiger partial charge in [-0.25, -0.2) is 0 Å². The third kappa shape index (κ3) is 1.70. The summed E-state index contributed by atoms with van der Waals surface area (Å²) >= 11 is 0. The summed E-state index contributed by atoms with van der Waals surface area (Å²) in [7, 11) is 2.20. The fourth-order valence-corrected chi connectivity index (χ4v) is 4.96. The summed E-state index contributed by atoms with van der Waals surface area (Å²) in [6.45, 7) is 9.32. The first kappa shape index (κ1) is 15.6. The van der Waals surface area contributed by atoms with Gasteiger partial charge in [0.05, 0.1) is 11.2 Å². The van der Waals surface area contributed by atoms with E-state index >= 15 is 0 Å². The molecule has 1 aliphatic carbocycles. The summed E-state index contributed by atoms with van der Waals surface area (Å²) in [5.41, 5.74) is 10.5. The highest BCUT2D eigenvalue weighted by Gasteiger charge is 2.44. The zero-order valence-electron chi connectivity index (χ0n) is 16.1. The van der Waals surface area contributed by atoms with E-state index in [1.54, 1.807) is 0 Å². The molecule has 0 fully saturated rings. The van der Waals surface area contributed by atoms with Crippen LogP contribution in [0.15, 0.2) is 54.7 Å². The Bertz CT molecular complexity index is 1060. The second-order valence-electron chi connectivity index (χ2n) is 8.57. The lowest BCUT2D eigenvalue weighted by Crippen LogP contribution is -2.42. The zero-order valence-corrected chi connectivity index (χ0v) is 16.1. The lowest BCUT2D eigenvalue weighted by Gasteiger charge is -2.45. The van der Waals surface area contributed by atoms with Crippen LogP contribution in [0.25, 0.3) is 22.4 Å². The molecule has 0 spiro atoms. The van der Waals surface area contributed by atoms with E-state index in [0.717, 1.165) is 5.69 Å². The van der Waals surface area contributed by atoms with Gasteiger partial charge in [-0.3, -0.25) is 4.98 Å². The van der Waals surface area contributed by atoms with Crippen molar-refractivity contribution in [1.29, 1.82) is 0 Å². The summed E-state index contributed by atoms with van der Waals surface area (Å²) < 4.78 is 0. The molecule has 0 atom stereocenters. The van der Waals surface area contributed by atoms with Crippen LogP contribution in [-0.2, 0) is 11.0 Å². The number of pyridine rings is 1. The van der Waals surface area contributed by atoms with E-state index in [9.17, 15) is 0 Å². The molecule has 1 aromatic heterocycles. The molecule has 2 heteroatoms. The Labute approximate surface area is 155 Å². The predicted molar refractivity (Wildman–Crippen MR) is 109 cm³/mol. The average Bonchev–Trinajstić information content (AvgIpc) is 2.88. The van der Waals surface area contributed by atoms with Gasteiger partial charge in [-0.1, -0.05) is 50.2 Å². The minimum atomic E-state index is -0.0585. The molecular formula is C24H24N2. The molecule has 2 heterocycles. The molecule has 26 heavy (non-hydrogen) atoms. The molecule has 0 saturated carbocycles. The highest BCUT2D eigenvalue weighted by Crippen LogP contribution is 2.57. The minimum absolute atomic E-state index is 0.0522. The summed E-state index contributed by atoms with van der Waals surface area (Å²) in [5.74, 6) is 0. The van der Waals surface area contributed by atoms with Crippen molar-refractivity contribution in [3.8, 4) is 22.4 Å². The number of hydrogen-bond acceptors (Lipinski definition) is 2. The Hall–Kier alpha value is -2.61. The smallest absolute Gasteiger partial charge is 0.0746 e. The van der Waals surface area contributed by atoms with Crippen molar-refractivity contribution < 1.29 is 0 Å². The lowest BCUT2D eigenvalue weighted by molar-refractivity contribution is 0.508. The summed E-state index contributed by atoms with van der Waals surface area (Å²) in [6, 6.07) is 17.7. The van der Waals surface area contributed by atoms with Crippen molar-refractivity contribution in [3.63, 3.8) is 0 Å². The van der Waals surface area contributed by atoms with Crippen molar-refractivity contribution in [1.82, 2.24) is 4.98 Å². The van der Waals surface area contributed by atoms with Crippen LogP contribution in [0.3, 0.4) is 0 Å². The first-order valence-electron chi connectivity index (χ1n) is 9.32. The second-order valence-corrected chi connectivity index (χ2v) is 8.57. The Balaban J connectivity index is 1.95. The quantitative estimate of drug-likeness (QED) is 0.519. The highest BCUT2D eigenvalue weighted by molar-refractivity contribution is 5.94. The Morgan fingerprint density at radius 3 is 2.38 bits per heavy atom. The first-order valence-corrected chi connectivity index (χ1v) is 9.32. The number of hydrogen-bond donors (Lipinski definition) is 0. The van der Waals surface area contributed by atoms with Crippen LogP contribution < -0.4 is 4.90 Å². The standard InChI is InChI=1S/C24H24N2/c1-23(2)18-10-8-14-25-22(18)16-12-13-17-20(21(16)23)15-9-6-7-11-19(15)26(5)24(17,3)4/h6-14H,1-5H3. The molecule has 0 unspecified atom stereocenters. The summed E-state index contributed by atoms with van der Waals surface area (Å²) in [5, 5.41) is 0. The van der Waals surface area contributed by atoms with Gasteiger partial charge < -0.3 is 4.90 Å². The fraction of sp³-hybridized carbons (Fsp3) is 0.292. The van der Waals surface area contributed by atoms with E-state index in [2.05, 4.69) is 88.2 Å². The predicted octanol–water partition coefficient (Wildman–Crippen LogP) is 5.74. The first-order chi connectivity index (χ1) is 12.3. The molecule has 130 valence electrons. The Kier molecular flexibility index (Phi) is 2.86. The maximum absolute atomic E-state index is 4.74. The number of para-hydroxylation sites is 1. The highest BCUT2D eigenvalue weighted by atomic mass is 15.2. The summed E-state index contributed by atoms with van der Waals surface area (Å²) in [4.78, 5) is 7.15. The zero-order chi connectivity index (χ0) is 18.3. The number of anilines is 1. The van der Waals surface area contributed by atoms with Gasteiger partial charge in [0, 0.05) is 35.5 Å². The molecule has 5 rings (SSSR count). The van der Waals surface area contributed by atoms with Gasteiger partial charge in [0.1, 0.15) is 0 Å². The molecule has 0 saturated heterocycles. The molecule has 2 nitrogen and oxygen atoms in total. The normalized spacial score (nSPS) is 18.0. The Morgan fingerprint density at radius 1 is 0.808 bits per heavy atom. The van der Waals surface area contributed by atoms with E-state index < -0.39 is 0 Å². The van der Waals surface area contributed by atoms with Crippen molar-refractivity contribution >= 4 is 5.69 Å². The number of rotatable bonds is 0. The third-order valence-electron chi connectivity index (χ3n) is 6.60. The van der Waals surface area contributed by atoms with E-state index in [4.69, 9.17) is 4.98 Å². The lowest BCUT2D eigenvalue weighted by atomic mass is 9.72. The molecule has 0 N–H and O–H groups in total. The minimum Gasteiger partial charge on any atom is -0.365 e. The number of fused-ring (bicyclic) bond motifs is 7. The fourth-order valence-electron chi connectivity index (χ4n) is 4.96. The SMILES string of the molecule is CN1c2ccccc2-c2c(ccc3c2C(C)(C)c2cccnc2-3)C1(C)C. The second kappa shape index (κ2) is 4.76. The number of aromatic nitrogens is 1. The van der Waals surface area contributed by atoms with Crippen molar-refractivity contribution in [3.05, 3.63) is 71.4 Å². The monoisotopic (exact) mass is 340 g/mol. The van der Waals surface area contributed by atoms with Gasteiger partial charge in [-0.05, 0) is 48.2 Å². The van der Waals surface area contributed by atoms with E-state index in [0.29, 0.717) is 0 Å². The molecule has 0 amide bonds. The summed E-state index contributed by atoms with van der Waals surface area (Å²) in [6.07, 6.45) is 1.91. The third-order valence-corrected chi connectivity index (χ3v) is 6.60. The van der Waals surface area contributed by atoms with Gasteiger partial charge in [0.25, 0.3) is 0 Å². The van der Waals surface area contributed by atoms with Crippen LogP contribution in [0, 0.1) is 0 Å². The maximum atomic E-state index is 4.74. The van der Waals surface area contributed by atoms with Gasteiger partial charge in [-0.2, -0.15) is 0 Å². The van der Waals surface area contributed by atoms with E-state index in [-0.39, 0.29) is 11.0 Å². The topological polar surface area (TPSA) is 16.1 Å². The van der Waals surface area contributed by atoms with Crippen LogP contribution in [-0.4, -0.2) is 12.0 Å². The molecule has 0 bridgehead atoms. The van der Waals surface area contributed by atoms with Crippen molar-refractivity contribution in [2.24, 2.45) is 0 Å². The Morgan fingerprint density at radius 2 is 1.58 bits per heavy atom. The van der Waals surface area contributed by atoms with Gasteiger partial charge >= 0.3 is 0 Å². The molecule has 2 aliphatic rings. The van der Waals surface area contributed by atoms with Gasteiger partial charge in [0.2, 0.25) is 0 Å². The van der Waals surface area contributed by atoms with Gasteiger partial charge in [-0.15, -0.1) is 0 Å². The molecule has 3 aromatic rings. The molecule has 1 aliphatic heterocycles. The van der Waals surface area contributed by atoms with Crippen molar-refractivity contribution in [2.75, 3.05) is 11.9 Å². The van der Waals surface area contributed by atoms with Crippen molar-refractivity contribution in [2.45, 2.75) is 38.6 Å². The average molecular weight is 340 g/mol. The largest absolute Gasteiger partial charge is 0.365 e. The molecule has 2 aromatic carbocycles. The van der Waals surface area contributed by atoms with E-state index in [1.165, 1.54) is 39.1 Å². The van der Waals surface area contributed by atoms with Crippen LogP contribution >= 0.6 is 0 Å². The van der Waals surface area contributed by atoms with Gasteiger partial charge in [0.15, 0.2) is 0 Å². The maximum Gasteiger partial charge on any atom is 0.0746 e.